The average molecular weight is 340 g/mol. The number of rotatable bonds is 2. The molecule has 1 aliphatic rings. The lowest BCUT2D eigenvalue weighted by Crippen LogP contribution is -2.32. The number of para-hydroxylation sites is 2. The monoisotopic (exact) mass is 339 g/mol. The third kappa shape index (κ3) is 2.20. The van der Waals surface area contributed by atoms with E-state index in [0.29, 0.717) is 40.4 Å². The number of alkyl halides is 1. The second-order valence-corrected chi connectivity index (χ2v) is 6.00. The number of fused-ring (bicyclic) bond motifs is 4. The fraction of sp³-hybridized carbons (Fsp3) is 0.167. The zero-order chi connectivity index (χ0) is 16.7. The summed E-state index contributed by atoms with van der Waals surface area (Å²) in [5, 5.41) is 0.536. The first kappa shape index (κ1) is 14.9. The van der Waals surface area contributed by atoms with Crippen LogP contribution >= 0.6 is 11.6 Å². The summed E-state index contributed by atoms with van der Waals surface area (Å²) in [7, 11) is 0. The van der Waals surface area contributed by atoms with Crippen LogP contribution in [0.1, 0.15) is 16.2 Å². The number of nitrogens with zero attached hydrogens (tertiary/aromatic N) is 3. The molecule has 3 aromatic rings. The van der Waals surface area contributed by atoms with E-state index in [2.05, 4.69) is 4.98 Å². The van der Waals surface area contributed by atoms with Gasteiger partial charge in [0, 0.05) is 12.4 Å². The number of hydrogen-bond acceptors (Lipinski definition) is 3. The Morgan fingerprint density at radius 3 is 2.62 bits per heavy atom. The highest BCUT2D eigenvalue weighted by Gasteiger charge is 2.27. The van der Waals surface area contributed by atoms with E-state index < -0.39 is 0 Å². The van der Waals surface area contributed by atoms with Crippen molar-refractivity contribution in [2.75, 3.05) is 12.4 Å². The van der Waals surface area contributed by atoms with Gasteiger partial charge in [-0.2, -0.15) is 0 Å². The number of amides is 1. The van der Waals surface area contributed by atoms with Gasteiger partial charge in [0.15, 0.2) is 0 Å². The van der Waals surface area contributed by atoms with Crippen molar-refractivity contribution in [1.29, 1.82) is 0 Å². The van der Waals surface area contributed by atoms with Gasteiger partial charge in [-0.15, -0.1) is 11.6 Å². The Bertz CT molecular complexity index is 1010. The summed E-state index contributed by atoms with van der Waals surface area (Å²) >= 11 is 5.85. The molecule has 0 atom stereocenters. The lowest BCUT2D eigenvalue weighted by molar-refractivity contribution is 0.0755. The van der Waals surface area contributed by atoms with Crippen LogP contribution in [-0.4, -0.2) is 32.8 Å². The van der Waals surface area contributed by atoms with E-state index in [4.69, 9.17) is 11.6 Å². The minimum Gasteiger partial charge on any atom is -0.330 e. The quantitative estimate of drug-likeness (QED) is 0.674. The van der Waals surface area contributed by atoms with Crippen LogP contribution in [0.3, 0.4) is 0 Å². The van der Waals surface area contributed by atoms with Crippen LogP contribution < -0.4 is 5.56 Å². The first-order valence-corrected chi connectivity index (χ1v) is 8.19. The van der Waals surface area contributed by atoms with E-state index in [1.165, 1.54) is 0 Å². The lowest BCUT2D eigenvalue weighted by atomic mass is 10.1. The number of hydrogen-bond donors (Lipinski definition) is 0. The molecule has 0 fully saturated rings. The normalized spacial score (nSPS) is 13.5. The summed E-state index contributed by atoms with van der Waals surface area (Å²) in [5.41, 5.74) is 1.52. The van der Waals surface area contributed by atoms with Crippen molar-refractivity contribution in [3.05, 3.63) is 70.3 Å². The maximum atomic E-state index is 13.0. The van der Waals surface area contributed by atoms with E-state index in [1.807, 2.05) is 24.3 Å². The zero-order valence-corrected chi connectivity index (χ0v) is 13.5. The van der Waals surface area contributed by atoms with Gasteiger partial charge in [-0.1, -0.05) is 24.3 Å². The van der Waals surface area contributed by atoms with Crippen LogP contribution in [0.5, 0.6) is 0 Å². The third-order valence-corrected chi connectivity index (χ3v) is 4.36. The number of carbonyl (C=O) groups excluding carboxylic acids is 1. The lowest BCUT2D eigenvalue weighted by Gasteiger charge is -2.19. The largest absolute Gasteiger partial charge is 0.330 e. The molecule has 0 saturated carbocycles. The minimum absolute atomic E-state index is 0.139. The predicted octanol–water partition coefficient (Wildman–Crippen LogP) is 2.58. The highest BCUT2D eigenvalue weighted by molar-refractivity contribution is 6.18. The smallest absolute Gasteiger partial charge is 0.266 e. The third-order valence-electron chi connectivity index (χ3n) is 4.19. The Morgan fingerprint density at radius 1 is 1.04 bits per heavy atom. The summed E-state index contributed by atoms with van der Waals surface area (Å²) in [6, 6.07) is 14.3. The fourth-order valence-electron chi connectivity index (χ4n) is 3.08. The Morgan fingerprint density at radius 2 is 1.79 bits per heavy atom. The molecule has 0 saturated heterocycles. The van der Waals surface area contributed by atoms with Gasteiger partial charge in [-0.05, 0) is 24.3 Å². The van der Waals surface area contributed by atoms with E-state index in [-0.39, 0.29) is 18.0 Å². The first-order chi connectivity index (χ1) is 11.7. The van der Waals surface area contributed by atoms with Gasteiger partial charge in [-0.3, -0.25) is 14.2 Å². The molecule has 120 valence electrons. The SMILES string of the molecule is O=C1c2ccccc2-n2c(nc3ccccc3c2=O)CN1CCCl. The molecule has 2 heterocycles. The fourth-order valence-corrected chi connectivity index (χ4v) is 3.28. The van der Waals surface area contributed by atoms with E-state index in [1.54, 1.807) is 33.7 Å². The molecule has 0 bridgehead atoms. The zero-order valence-electron chi connectivity index (χ0n) is 12.8. The second kappa shape index (κ2) is 5.76. The molecule has 1 aromatic heterocycles. The summed E-state index contributed by atoms with van der Waals surface area (Å²) in [5.74, 6) is 0.730. The van der Waals surface area contributed by atoms with Crippen LogP contribution in [-0.2, 0) is 6.54 Å². The van der Waals surface area contributed by atoms with E-state index >= 15 is 0 Å². The van der Waals surface area contributed by atoms with Crippen molar-refractivity contribution in [1.82, 2.24) is 14.5 Å². The van der Waals surface area contributed by atoms with Gasteiger partial charge in [0.2, 0.25) is 0 Å². The molecule has 0 spiro atoms. The maximum absolute atomic E-state index is 13.0. The molecular formula is C18H14ClN3O2. The van der Waals surface area contributed by atoms with Gasteiger partial charge in [-0.25, -0.2) is 4.98 Å². The van der Waals surface area contributed by atoms with Crippen molar-refractivity contribution in [2.45, 2.75) is 6.54 Å². The number of aromatic nitrogens is 2. The topological polar surface area (TPSA) is 55.2 Å². The molecule has 4 rings (SSSR count). The standard InChI is InChI=1S/C18H14ClN3O2/c19-9-10-21-11-16-20-14-7-3-1-5-12(14)18(24)22(16)15-8-4-2-6-13(15)17(21)23/h1-8H,9-11H2. The summed E-state index contributed by atoms with van der Waals surface area (Å²) < 4.78 is 1.55. The van der Waals surface area contributed by atoms with Gasteiger partial charge in [0.05, 0.1) is 28.7 Å². The molecule has 24 heavy (non-hydrogen) atoms. The molecular weight excluding hydrogens is 326 g/mol. The van der Waals surface area contributed by atoms with E-state index in [0.717, 1.165) is 0 Å². The first-order valence-electron chi connectivity index (χ1n) is 7.66. The molecule has 0 radical (unpaired) electrons. The average Bonchev–Trinajstić information content (AvgIpc) is 2.72. The van der Waals surface area contributed by atoms with Gasteiger partial charge < -0.3 is 4.90 Å². The molecule has 0 aliphatic carbocycles. The summed E-state index contributed by atoms with van der Waals surface area (Å²) in [6.07, 6.45) is 0. The molecule has 1 aliphatic heterocycles. The minimum atomic E-state index is -0.163. The van der Waals surface area contributed by atoms with Gasteiger partial charge in [0.25, 0.3) is 11.5 Å². The van der Waals surface area contributed by atoms with Crippen LogP contribution in [0.4, 0.5) is 0 Å². The Kier molecular flexibility index (Phi) is 3.58. The molecule has 0 N–H and O–H groups in total. The molecule has 2 aromatic carbocycles. The van der Waals surface area contributed by atoms with Crippen molar-refractivity contribution in [2.24, 2.45) is 0 Å². The second-order valence-electron chi connectivity index (χ2n) is 5.62. The summed E-state index contributed by atoms with van der Waals surface area (Å²) in [6.45, 7) is 0.651. The van der Waals surface area contributed by atoms with Crippen LogP contribution in [0, 0.1) is 0 Å². The van der Waals surface area contributed by atoms with E-state index in [9.17, 15) is 9.59 Å². The molecule has 1 amide bonds. The molecule has 5 nitrogen and oxygen atoms in total. The molecule has 0 unspecified atom stereocenters. The van der Waals surface area contributed by atoms with Crippen molar-refractivity contribution in [3.63, 3.8) is 0 Å². The highest BCUT2D eigenvalue weighted by atomic mass is 35.5. The number of halogens is 1. The number of carbonyl (C=O) groups is 1. The van der Waals surface area contributed by atoms with Crippen molar-refractivity contribution >= 4 is 28.4 Å². The maximum Gasteiger partial charge on any atom is 0.266 e. The Hall–Kier alpha value is -2.66. The predicted molar refractivity (Wildman–Crippen MR) is 92.8 cm³/mol. The van der Waals surface area contributed by atoms with Crippen molar-refractivity contribution in [3.8, 4) is 5.69 Å². The Labute approximate surface area is 143 Å². The van der Waals surface area contributed by atoms with Gasteiger partial charge >= 0.3 is 0 Å². The Balaban J connectivity index is 2.08. The van der Waals surface area contributed by atoms with Crippen LogP contribution in [0.15, 0.2) is 53.3 Å². The van der Waals surface area contributed by atoms with Crippen molar-refractivity contribution < 1.29 is 4.79 Å². The summed E-state index contributed by atoms with van der Waals surface area (Å²) in [4.78, 5) is 32.1. The van der Waals surface area contributed by atoms with Crippen LogP contribution in [0.25, 0.3) is 16.6 Å². The van der Waals surface area contributed by atoms with Crippen LogP contribution in [0.2, 0.25) is 0 Å². The van der Waals surface area contributed by atoms with Gasteiger partial charge in [0.1, 0.15) is 5.82 Å². The highest BCUT2D eigenvalue weighted by Crippen LogP contribution is 2.23. The molecule has 6 heteroatoms. The number of benzene rings is 2.